The van der Waals surface area contributed by atoms with E-state index in [0.717, 1.165) is 5.33 Å². The van der Waals surface area contributed by atoms with Crippen LogP contribution in [-0.4, -0.2) is 22.8 Å². The summed E-state index contributed by atoms with van der Waals surface area (Å²) in [6.45, 7) is 0.695. The number of carbonyl (C=O) groups excluding carboxylic acids is 1. The molecule has 2 rings (SSSR count). The summed E-state index contributed by atoms with van der Waals surface area (Å²) in [5.74, 6) is 0.444. The van der Waals surface area contributed by atoms with Gasteiger partial charge in [0.25, 0.3) is 0 Å². The summed E-state index contributed by atoms with van der Waals surface area (Å²) in [6.07, 6.45) is 3.67. The summed E-state index contributed by atoms with van der Waals surface area (Å²) in [7, 11) is 0. The molecule has 1 aromatic heterocycles. The van der Waals surface area contributed by atoms with Crippen molar-refractivity contribution in [3.63, 3.8) is 0 Å². The summed E-state index contributed by atoms with van der Waals surface area (Å²) in [4.78, 5) is 17.4. The first-order valence-corrected chi connectivity index (χ1v) is 6.08. The molecule has 16 heavy (non-hydrogen) atoms. The van der Waals surface area contributed by atoms with Gasteiger partial charge in [0, 0.05) is 24.5 Å². The summed E-state index contributed by atoms with van der Waals surface area (Å²) in [6, 6.07) is 3.72. The molecule has 4 nitrogen and oxygen atoms in total. The number of rotatable bonds is 2. The fourth-order valence-electron chi connectivity index (χ4n) is 1.77. The van der Waals surface area contributed by atoms with Crippen molar-refractivity contribution >= 4 is 27.5 Å². The second kappa shape index (κ2) is 4.62. The summed E-state index contributed by atoms with van der Waals surface area (Å²) in [5, 5.41) is 9.59. The minimum atomic E-state index is 0.0985. The van der Waals surface area contributed by atoms with Gasteiger partial charge in [0.1, 0.15) is 6.07 Å². The van der Waals surface area contributed by atoms with E-state index in [1.807, 2.05) is 6.07 Å². The lowest BCUT2D eigenvalue weighted by atomic mass is 10.2. The highest BCUT2D eigenvalue weighted by Gasteiger charge is 2.29. The molecule has 1 fully saturated rings. The quantitative estimate of drug-likeness (QED) is 0.775. The number of anilines is 1. The average Bonchev–Trinajstić information content (AvgIpc) is 2.71. The van der Waals surface area contributed by atoms with Crippen LogP contribution in [0.25, 0.3) is 0 Å². The van der Waals surface area contributed by atoms with E-state index in [-0.39, 0.29) is 5.91 Å². The fraction of sp³-hybridized carbons (Fsp3) is 0.364. The van der Waals surface area contributed by atoms with E-state index in [1.165, 1.54) is 6.20 Å². The van der Waals surface area contributed by atoms with Gasteiger partial charge in [-0.3, -0.25) is 9.78 Å². The van der Waals surface area contributed by atoms with Crippen molar-refractivity contribution in [2.24, 2.45) is 5.92 Å². The van der Waals surface area contributed by atoms with Crippen molar-refractivity contribution in [3.05, 3.63) is 24.0 Å². The van der Waals surface area contributed by atoms with Crippen LogP contribution >= 0.6 is 15.9 Å². The lowest BCUT2D eigenvalue weighted by Gasteiger charge is -2.15. The molecular formula is C11H10BrN3O. The van der Waals surface area contributed by atoms with E-state index >= 15 is 0 Å². The number of carbonyl (C=O) groups is 1. The molecule has 1 aliphatic rings. The van der Waals surface area contributed by atoms with Gasteiger partial charge in [-0.2, -0.15) is 5.26 Å². The molecule has 1 amide bonds. The predicted octanol–water partition coefficient (Wildman–Crippen LogP) is 1.70. The lowest BCUT2D eigenvalue weighted by molar-refractivity contribution is -0.117. The zero-order valence-corrected chi connectivity index (χ0v) is 10.1. The van der Waals surface area contributed by atoms with Crippen molar-refractivity contribution in [3.8, 4) is 6.07 Å². The van der Waals surface area contributed by atoms with Crippen LogP contribution in [0.4, 0.5) is 5.69 Å². The molecule has 0 aliphatic carbocycles. The van der Waals surface area contributed by atoms with Crippen LogP contribution in [0.15, 0.2) is 18.5 Å². The molecule has 0 bridgehead atoms. The molecule has 1 unspecified atom stereocenters. The van der Waals surface area contributed by atoms with Gasteiger partial charge >= 0.3 is 0 Å². The molecule has 82 valence electrons. The predicted molar refractivity (Wildman–Crippen MR) is 63.2 cm³/mol. The number of nitrogens with zero attached hydrogens (tertiary/aromatic N) is 3. The van der Waals surface area contributed by atoms with E-state index in [9.17, 15) is 4.79 Å². The van der Waals surface area contributed by atoms with Gasteiger partial charge < -0.3 is 4.90 Å². The maximum atomic E-state index is 11.7. The van der Waals surface area contributed by atoms with Crippen LogP contribution < -0.4 is 4.90 Å². The van der Waals surface area contributed by atoms with Gasteiger partial charge in [0.05, 0.1) is 17.4 Å². The largest absolute Gasteiger partial charge is 0.311 e. The number of nitriles is 1. The average molecular weight is 280 g/mol. The van der Waals surface area contributed by atoms with Crippen LogP contribution in [0.5, 0.6) is 0 Å². The molecule has 1 saturated heterocycles. The Morgan fingerprint density at radius 1 is 1.62 bits per heavy atom. The minimum Gasteiger partial charge on any atom is -0.311 e. The molecule has 1 aliphatic heterocycles. The van der Waals surface area contributed by atoms with Gasteiger partial charge in [-0.05, 0) is 12.0 Å². The molecule has 0 saturated carbocycles. The van der Waals surface area contributed by atoms with Crippen molar-refractivity contribution in [2.75, 3.05) is 16.8 Å². The van der Waals surface area contributed by atoms with E-state index < -0.39 is 0 Å². The van der Waals surface area contributed by atoms with Gasteiger partial charge in [-0.25, -0.2) is 0 Å². The van der Waals surface area contributed by atoms with Crippen molar-refractivity contribution < 1.29 is 4.79 Å². The van der Waals surface area contributed by atoms with E-state index in [2.05, 4.69) is 20.9 Å². The monoisotopic (exact) mass is 279 g/mol. The minimum absolute atomic E-state index is 0.0985. The van der Waals surface area contributed by atoms with Gasteiger partial charge in [0.15, 0.2) is 0 Å². The van der Waals surface area contributed by atoms with Crippen molar-refractivity contribution in [2.45, 2.75) is 6.42 Å². The summed E-state index contributed by atoms with van der Waals surface area (Å²) in [5.41, 5.74) is 1.19. The third kappa shape index (κ3) is 2.07. The number of pyridine rings is 1. The van der Waals surface area contributed by atoms with E-state index in [4.69, 9.17) is 5.26 Å². The number of aromatic nitrogens is 1. The SMILES string of the molecule is N#Cc1cncc(N2CC(CBr)CC2=O)c1. The van der Waals surface area contributed by atoms with E-state index in [1.54, 1.807) is 17.2 Å². The Labute approximate surface area is 102 Å². The number of amides is 1. The fourth-order valence-corrected chi connectivity index (χ4v) is 2.20. The van der Waals surface area contributed by atoms with E-state index in [0.29, 0.717) is 30.1 Å². The second-order valence-corrected chi connectivity index (χ2v) is 4.42. The molecular weight excluding hydrogens is 270 g/mol. The van der Waals surface area contributed by atoms with Crippen molar-refractivity contribution in [1.29, 1.82) is 5.26 Å². The highest BCUT2D eigenvalue weighted by Crippen LogP contribution is 2.25. The Bertz CT molecular complexity index is 455. The molecule has 0 radical (unpaired) electrons. The lowest BCUT2D eigenvalue weighted by Crippen LogP contribution is -2.24. The normalized spacial score (nSPS) is 19.9. The zero-order valence-electron chi connectivity index (χ0n) is 8.56. The maximum absolute atomic E-state index is 11.7. The Balaban J connectivity index is 2.25. The first kappa shape index (κ1) is 11.1. The number of halogens is 1. The second-order valence-electron chi connectivity index (χ2n) is 3.77. The first-order valence-electron chi connectivity index (χ1n) is 4.96. The first-order chi connectivity index (χ1) is 7.74. The molecule has 5 heteroatoms. The van der Waals surface area contributed by atoms with Crippen LogP contribution in [0.1, 0.15) is 12.0 Å². The molecule has 1 aromatic rings. The van der Waals surface area contributed by atoms with Gasteiger partial charge in [-0.15, -0.1) is 0 Å². The van der Waals surface area contributed by atoms with Crippen LogP contribution in [0, 0.1) is 17.2 Å². The molecule has 0 aromatic carbocycles. The van der Waals surface area contributed by atoms with Gasteiger partial charge in [0.2, 0.25) is 5.91 Å². The Morgan fingerprint density at radius 3 is 3.06 bits per heavy atom. The maximum Gasteiger partial charge on any atom is 0.227 e. The van der Waals surface area contributed by atoms with Crippen molar-refractivity contribution in [1.82, 2.24) is 4.98 Å². The highest BCUT2D eigenvalue weighted by molar-refractivity contribution is 9.09. The van der Waals surface area contributed by atoms with Crippen LogP contribution in [0.2, 0.25) is 0 Å². The summed E-state index contributed by atoms with van der Waals surface area (Å²) >= 11 is 3.39. The standard InChI is InChI=1S/C11H10BrN3O/c12-3-8-2-11(16)15(7-8)10-1-9(4-13)5-14-6-10/h1,5-6,8H,2-3,7H2. The Kier molecular flexibility index (Phi) is 3.20. The molecule has 0 N–H and O–H groups in total. The number of alkyl halides is 1. The Morgan fingerprint density at radius 2 is 2.44 bits per heavy atom. The number of hydrogen-bond acceptors (Lipinski definition) is 3. The van der Waals surface area contributed by atoms with Gasteiger partial charge in [-0.1, -0.05) is 15.9 Å². The Hall–Kier alpha value is -1.41. The third-order valence-corrected chi connectivity index (χ3v) is 3.50. The van der Waals surface area contributed by atoms with Crippen LogP contribution in [0.3, 0.4) is 0 Å². The molecule has 0 spiro atoms. The molecule has 2 heterocycles. The number of hydrogen-bond donors (Lipinski definition) is 0. The topological polar surface area (TPSA) is 57.0 Å². The summed E-state index contributed by atoms with van der Waals surface area (Å²) < 4.78 is 0. The third-order valence-electron chi connectivity index (χ3n) is 2.59. The molecule has 1 atom stereocenters. The zero-order chi connectivity index (χ0) is 11.5. The smallest absolute Gasteiger partial charge is 0.227 e. The highest BCUT2D eigenvalue weighted by atomic mass is 79.9. The van der Waals surface area contributed by atoms with Crippen LogP contribution in [-0.2, 0) is 4.79 Å².